The highest BCUT2D eigenvalue weighted by atomic mass is 32.2. The average molecular weight is 362 g/mol. The fourth-order valence-corrected chi connectivity index (χ4v) is 3.40. The fraction of sp³-hybridized carbons (Fsp3) is 0.278. The van der Waals surface area contributed by atoms with E-state index in [-0.39, 0.29) is 17.3 Å². The van der Waals surface area contributed by atoms with Crippen LogP contribution in [0.2, 0.25) is 0 Å². The van der Waals surface area contributed by atoms with Gasteiger partial charge in [-0.05, 0) is 42.3 Å². The number of hydrogen-bond donors (Lipinski definition) is 1. The van der Waals surface area contributed by atoms with Crippen LogP contribution < -0.4 is 10.1 Å². The highest BCUT2D eigenvalue weighted by Gasteiger charge is 2.22. The molecule has 0 heterocycles. The number of sulfonamides is 1. The van der Waals surface area contributed by atoms with Gasteiger partial charge in [-0.1, -0.05) is 24.3 Å². The molecule has 1 amide bonds. The van der Waals surface area contributed by atoms with E-state index in [1.807, 2.05) is 31.2 Å². The Bertz CT molecular complexity index is 832. The maximum absolute atomic E-state index is 12.5. The van der Waals surface area contributed by atoms with Crippen LogP contribution in [0.5, 0.6) is 5.75 Å². The normalized spacial score (nSPS) is 11.4. The highest BCUT2D eigenvalue weighted by Crippen LogP contribution is 2.18. The lowest BCUT2D eigenvalue weighted by Gasteiger charge is -2.17. The number of nitrogens with one attached hydrogen (secondary N) is 1. The molecule has 0 saturated heterocycles. The smallest absolute Gasteiger partial charge is 0.243 e. The van der Waals surface area contributed by atoms with Gasteiger partial charge in [0.25, 0.3) is 0 Å². The van der Waals surface area contributed by atoms with Crippen molar-refractivity contribution in [2.24, 2.45) is 0 Å². The lowest BCUT2D eigenvalue weighted by atomic mass is 10.1. The van der Waals surface area contributed by atoms with Gasteiger partial charge in [-0.15, -0.1) is 0 Å². The number of aryl methyl sites for hydroxylation is 1. The van der Waals surface area contributed by atoms with E-state index in [9.17, 15) is 13.2 Å². The first kappa shape index (κ1) is 19.0. The lowest BCUT2D eigenvalue weighted by Crippen LogP contribution is -2.38. The molecular weight excluding hydrogens is 340 g/mol. The van der Waals surface area contributed by atoms with Crippen LogP contribution in [0.4, 0.5) is 0 Å². The summed E-state index contributed by atoms with van der Waals surface area (Å²) < 4.78 is 31.0. The summed E-state index contributed by atoms with van der Waals surface area (Å²) in [6.45, 7) is 2.07. The van der Waals surface area contributed by atoms with Gasteiger partial charge in [-0.2, -0.15) is 4.31 Å². The lowest BCUT2D eigenvalue weighted by molar-refractivity contribution is -0.121. The molecule has 0 fully saturated rings. The summed E-state index contributed by atoms with van der Waals surface area (Å²) in [5.74, 6) is 0.209. The van der Waals surface area contributed by atoms with Crippen molar-refractivity contribution in [1.29, 1.82) is 0 Å². The molecule has 134 valence electrons. The molecule has 6 nitrogen and oxygen atoms in total. The number of likely N-dealkylation sites (N-methyl/N-ethyl adjacent to an activating group) is 1. The minimum absolute atomic E-state index is 0.113. The number of hydrogen-bond acceptors (Lipinski definition) is 4. The van der Waals surface area contributed by atoms with E-state index < -0.39 is 10.0 Å². The second-order valence-corrected chi connectivity index (χ2v) is 7.68. The molecule has 2 rings (SSSR count). The number of nitrogens with zero attached hydrogens (tertiary/aromatic N) is 1. The molecule has 0 unspecified atom stereocenters. The molecule has 0 aliphatic carbocycles. The summed E-state index contributed by atoms with van der Waals surface area (Å²) in [7, 11) is -0.843. The van der Waals surface area contributed by atoms with Crippen molar-refractivity contribution < 1.29 is 17.9 Å². The summed E-state index contributed by atoms with van der Waals surface area (Å²) in [4.78, 5) is 12.2. The van der Waals surface area contributed by atoms with E-state index in [2.05, 4.69) is 5.32 Å². The van der Waals surface area contributed by atoms with Crippen molar-refractivity contribution in [1.82, 2.24) is 9.62 Å². The maximum atomic E-state index is 12.5. The predicted molar refractivity (Wildman–Crippen MR) is 95.8 cm³/mol. The maximum Gasteiger partial charge on any atom is 0.243 e. The third-order valence-corrected chi connectivity index (χ3v) is 5.69. The molecule has 0 atom stereocenters. The van der Waals surface area contributed by atoms with E-state index in [0.717, 1.165) is 15.4 Å². The largest absolute Gasteiger partial charge is 0.497 e. The van der Waals surface area contributed by atoms with Crippen LogP contribution in [0.1, 0.15) is 11.1 Å². The van der Waals surface area contributed by atoms with Crippen molar-refractivity contribution in [3.05, 3.63) is 59.7 Å². The molecule has 25 heavy (non-hydrogen) atoms. The Morgan fingerprint density at radius 3 is 2.36 bits per heavy atom. The fourth-order valence-electron chi connectivity index (χ4n) is 2.27. The van der Waals surface area contributed by atoms with Crippen molar-refractivity contribution in [2.45, 2.75) is 18.4 Å². The number of carbonyl (C=O) groups excluding carboxylic acids is 1. The van der Waals surface area contributed by atoms with Crippen LogP contribution in [-0.2, 0) is 21.4 Å². The van der Waals surface area contributed by atoms with E-state index >= 15 is 0 Å². The first-order valence-electron chi connectivity index (χ1n) is 7.76. The van der Waals surface area contributed by atoms with Gasteiger partial charge in [0, 0.05) is 13.6 Å². The first-order valence-corrected chi connectivity index (χ1v) is 9.20. The van der Waals surface area contributed by atoms with Crippen molar-refractivity contribution in [2.75, 3.05) is 20.7 Å². The summed E-state index contributed by atoms with van der Waals surface area (Å²) in [5.41, 5.74) is 2.07. The third-order valence-electron chi connectivity index (χ3n) is 3.87. The van der Waals surface area contributed by atoms with Gasteiger partial charge in [0.15, 0.2) is 0 Å². The Morgan fingerprint density at radius 1 is 1.12 bits per heavy atom. The minimum Gasteiger partial charge on any atom is -0.497 e. The zero-order valence-corrected chi connectivity index (χ0v) is 15.3. The van der Waals surface area contributed by atoms with Gasteiger partial charge in [0.1, 0.15) is 5.75 Å². The molecule has 0 aromatic heterocycles. The van der Waals surface area contributed by atoms with Crippen LogP contribution in [0, 0.1) is 6.92 Å². The summed E-state index contributed by atoms with van der Waals surface area (Å²) in [6.07, 6.45) is 0. The number of carbonyl (C=O) groups is 1. The number of benzene rings is 2. The van der Waals surface area contributed by atoms with Crippen LogP contribution in [-0.4, -0.2) is 39.3 Å². The Labute approximate surface area is 148 Å². The molecular formula is C18H22N2O4S. The summed E-state index contributed by atoms with van der Waals surface area (Å²) in [5, 5.41) is 2.75. The predicted octanol–water partition coefficient (Wildman–Crippen LogP) is 1.94. The Kier molecular flexibility index (Phi) is 6.17. The molecule has 2 aromatic carbocycles. The summed E-state index contributed by atoms with van der Waals surface area (Å²) >= 11 is 0. The molecule has 7 heteroatoms. The average Bonchev–Trinajstić information content (AvgIpc) is 2.61. The Hall–Kier alpha value is -2.38. The Balaban J connectivity index is 1.98. The molecule has 0 radical (unpaired) electrons. The second kappa shape index (κ2) is 8.13. The monoisotopic (exact) mass is 362 g/mol. The second-order valence-electron chi connectivity index (χ2n) is 5.64. The molecule has 0 bridgehead atoms. The minimum atomic E-state index is -3.73. The number of rotatable bonds is 7. The van der Waals surface area contributed by atoms with Crippen LogP contribution in [0.25, 0.3) is 0 Å². The van der Waals surface area contributed by atoms with Gasteiger partial charge < -0.3 is 10.1 Å². The number of amides is 1. The molecule has 2 aromatic rings. The van der Waals surface area contributed by atoms with Gasteiger partial charge in [-0.3, -0.25) is 4.79 Å². The first-order chi connectivity index (χ1) is 11.8. The van der Waals surface area contributed by atoms with Crippen LogP contribution in [0.3, 0.4) is 0 Å². The van der Waals surface area contributed by atoms with Gasteiger partial charge in [0.05, 0.1) is 18.6 Å². The molecule has 0 aliphatic heterocycles. The van der Waals surface area contributed by atoms with Crippen LogP contribution in [0.15, 0.2) is 53.4 Å². The number of methoxy groups -OCH3 is 1. The zero-order chi connectivity index (χ0) is 18.4. The van der Waals surface area contributed by atoms with Crippen molar-refractivity contribution in [3.63, 3.8) is 0 Å². The van der Waals surface area contributed by atoms with Crippen molar-refractivity contribution in [3.8, 4) is 5.75 Å². The van der Waals surface area contributed by atoms with E-state index in [1.54, 1.807) is 12.1 Å². The summed E-state index contributed by atoms with van der Waals surface area (Å²) in [6, 6.07) is 13.8. The molecule has 0 aliphatic rings. The van der Waals surface area contributed by atoms with E-state index in [1.165, 1.54) is 26.3 Å². The quantitative estimate of drug-likeness (QED) is 0.817. The van der Waals surface area contributed by atoms with Crippen LogP contribution >= 0.6 is 0 Å². The zero-order valence-electron chi connectivity index (χ0n) is 14.5. The standard InChI is InChI=1S/C18H22N2O4S/c1-14-6-4-5-7-15(14)12-19-18(21)13-20(2)25(22,23)17-10-8-16(24-3)9-11-17/h4-11H,12-13H2,1-3H3,(H,19,21). The molecule has 0 saturated carbocycles. The van der Waals surface area contributed by atoms with Crippen molar-refractivity contribution >= 4 is 15.9 Å². The molecule has 1 N–H and O–H groups in total. The van der Waals surface area contributed by atoms with Gasteiger partial charge in [-0.25, -0.2) is 8.42 Å². The van der Waals surface area contributed by atoms with E-state index in [4.69, 9.17) is 4.74 Å². The highest BCUT2D eigenvalue weighted by molar-refractivity contribution is 7.89. The van der Waals surface area contributed by atoms with Gasteiger partial charge in [0.2, 0.25) is 15.9 Å². The topological polar surface area (TPSA) is 75.7 Å². The number of ether oxygens (including phenoxy) is 1. The molecule has 0 spiro atoms. The Morgan fingerprint density at radius 2 is 1.76 bits per heavy atom. The van der Waals surface area contributed by atoms with E-state index in [0.29, 0.717) is 12.3 Å². The third kappa shape index (κ3) is 4.80. The van der Waals surface area contributed by atoms with Gasteiger partial charge >= 0.3 is 0 Å². The SMILES string of the molecule is COc1ccc(S(=O)(=O)N(C)CC(=O)NCc2ccccc2C)cc1.